The van der Waals surface area contributed by atoms with Gasteiger partial charge in [-0.1, -0.05) is 0 Å². The summed E-state index contributed by atoms with van der Waals surface area (Å²) < 4.78 is 4.55. The van der Waals surface area contributed by atoms with Crippen LogP contribution in [-0.4, -0.2) is 60.1 Å². The van der Waals surface area contributed by atoms with E-state index >= 15 is 0 Å². The zero-order chi connectivity index (χ0) is 12.8. The van der Waals surface area contributed by atoms with Crippen LogP contribution in [0.15, 0.2) is 0 Å². The number of carbonyl (C=O) groups excluding carboxylic acids is 2. The van der Waals surface area contributed by atoms with Crippen LogP contribution in [-0.2, 0) is 19.1 Å². The molecule has 1 aliphatic heterocycles. The lowest BCUT2D eigenvalue weighted by atomic mass is 10.2. The number of aliphatic carboxylic acids is 1. The molecule has 2 N–H and O–H groups in total. The van der Waals surface area contributed by atoms with Crippen LogP contribution in [0.3, 0.4) is 0 Å². The molecule has 1 atom stereocenters. The first-order valence-corrected chi connectivity index (χ1v) is 5.34. The second-order valence-corrected chi connectivity index (χ2v) is 3.96. The minimum absolute atomic E-state index is 0.0175. The van der Waals surface area contributed by atoms with Crippen molar-refractivity contribution in [2.75, 3.05) is 26.2 Å². The third-order valence-corrected chi connectivity index (χ3v) is 2.40. The molecule has 0 unspecified atom stereocenters. The van der Waals surface area contributed by atoms with Crippen LogP contribution in [0.5, 0.6) is 0 Å². The summed E-state index contributed by atoms with van der Waals surface area (Å²) in [6.07, 6.45) is 0.707. The number of hydrogen-bond acceptors (Lipinski definition) is 5. The first kappa shape index (κ1) is 13.4. The maximum atomic E-state index is 11.3. The Morgan fingerprint density at radius 2 is 2.18 bits per heavy atom. The van der Waals surface area contributed by atoms with Gasteiger partial charge in [0, 0.05) is 26.1 Å². The van der Waals surface area contributed by atoms with E-state index in [0.717, 1.165) is 0 Å². The van der Waals surface area contributed by atoms with Gasteiger partial charge < -0.3 is 15.2 Å². The quantitative estimate of drug-likeness (QED) is 0.591. The molecule has 17 heavy (non-hydrogen) atoms. The average molecular weight is 244 g/mol. The number of ether oxygens (including phenoxy) is 1. The molecule has 0 aromatic heterocycles. The molecular weight excluding hydrogens is 228 g/mol. The Kier molecular flexibility index (Phi) is 4.89. The van der Waals surface area contributed by atoms with E-state index < -0.39 is 11.9 Å². The summed E-state index contributed by atoms with van der Waals surface area (Å²) in [4.78, 5) is 34.0. The predicted octanol–water partition coefficient (Wildman–Crippen LogP) is -1.18. The topological polar surface area (TPSA) is 95.9 Å². The summed E-state index contributed by atoms with van der Waals surface area (Å²) in [5, 5.41) is 11.3. The number of likely N-dealkylation sites (tertiary alicyclic amines) is 1. The van der Waals surface area contributed by atoms with Gasteiger partial charge in [0.2, 0.25) is 0 Å². The molecule has 0 aromatic carbocycles. The summed E-state index contributed by atoms with van der Waals surface area (Å²) in [5.41, 5.74) is 0. The average Bonchev–Trinajstić information content (AvgIpc) is 2.61. The standard InChI is InChI=1S/C10H16N2O5/c1-7(13)17-6-9(14)11-8-2-3-12(4-8)5-10(15)16/h8H,2-6H2,1H3,(H,11,14)(H,15,16)/t8-/m1/s1. The number of carbonyl (C=O) groups is 3. The lowest BCUT2D eigenvalue weighted by Gasteiger charge is -2.14. The first-order valence-electron chi connectivity index (χ1n) is 5.34. The van der Waals surface area contributed by atoms with Crippen LogP contribution in [0.2, 0.25) is 0 Å². The summed E-state index contributed by atoms with van der Waals surface area (Å²) in [7, 11) is 0. The fourth-order valence-electron chi connectivity index (χ4n) is 1.72. The lowest BCUT2D eigenvalue weighted by Crippen LogP contribution is -2.40. The van der Waals surface area contributed by atoms with Crippen molar-refractivity contribution in [1.29, 1.82) is 0 Å². The van der Waals surface area contributed by atoms with Gasteiger partial charge in [-0.25, -0.2) is 0 Å². The normalized spacial score (nSPS) is 19.9. The SMILES string of the molecule is CC(=O)OCC(=O)N[C@@H]1CCN(CC(=O)O)C1. The van der Waals surface area contributed by atoms with E-state index in [4.69, 9.17) is 5.11 Å². The Morgan fingerprint density at radius 3 is 2.76 bits per heavy atom. The second-order valence-electron chi connectivity index (χ2n) is 3.96. The molecule has 0 aliphatic carbocycles. The molecular formula is C10H16N2O5. The first-order chi connectivity index (χ1) is 7.97. The Hall–Kier alpha value is -1.63. The number of carboxylic acid groups (broad SMARTS) is 1. The smallest absolute Gasteiger partial charge is 0.317 e. The highest BCUT2D eigenvalue weighted by Crippen LogP contribution is 2.08. The maximum Gasteiger partial charge on any atom is 0.317 e. The predicted molar refractivity (Wildman–Crippen MR) is 57.3 cm³/mol. The fourth-order valence-corrected chi connectivity index (χ4v) is 1.72. The van der Waals surface area contributed by atoms with E-state index in [-0.39, 0.29) is 25.1 Å². The van der Waals surface area contributed by atoms with E-state index in [9.17, 15) is 14.4 Å². The molecule has 0 bridgehead atoms. The Bertz CT molecular complexity index is 318. The number of nitrogens with zero attached hydrogens (tertiary/aromatic N) is 1. The number of carboxylic acids is 1. The van der Waals surface area contributed by atoms with Crippen LogP contribution in [0.4, 0.5) is 0 Å². The van der Waals surface area contributed by atoms with Crippen molar-refractivity contribution < 1.29 is 24.2 Å². The van der Waals surface area contributed by atoms with Crippen molar-refractivity contribution in [2.24, 2.45) is 0 Å². The highest BCUT2D eigenvalue weighted by atomic mass is 16.5. The summed E-state index contributed by atoms with van der Waals surface area (Å²) in [6.45, 7) is 2.08. The summed E-state index contributed by atoms with van der Waals surface area (Å²) in [6, 6.07) is -0.0718. The molecule has 0 radical (unpaired) electrons. The molecule has 7 nitrogen and oxygen atoms in total. The minimum atomic E-state index is -0.878. The Labute approximate surface area is 98.7 Å². The zero-order valence-electron chi connectivity index (χ0n) is 9.64. The van der Waals surface area contributed by atoms with Gasteiger partial charge in [0.1, 0.15) is 0 Å². The molecule has 0 aromatic rings. The molecule has 1 rings (SSSR count). The van der Waals surface area contributed by atoms with Crippen molar-refractivity contribution in [3.05, 3.63) is 0 Å². The van der Waals surface area contributed by atoms with Gasteiger partial charge in [0.15, 0.2) is 6.61 Å². The highest BCUT2D eigenvalue weighted by Gasteiger charge is 2.25. The van der Waals surface area contributed by atoms with Crippen molar-refractivity contribution in [3.63, 3.8) is 0 Å². The van der Waals surface area contributed by atoms with E-state index in [0.29, 0.717) is 19.5 Å². The highest BCUT2D eigenvalue weighted by molar-refractivity contribution is 5.80. The van der Waals surface area contributed by atoms with Gasteiger partial charge >= 0.3 is 11.9 Å². The lowest BCUT2D eigenvalue weighted by molar-refractivity contribution is -0.146. The second kappa shape index (κ2) is 6.19. The number of hydrogen-bond donors (Lipinski definition) is 2. The minimum Gasteiger partial charge on any atom is -0.480 e. The fraction of sp³-hybridized carbons (Fsp3) is 0.700. The Balaban J connectivity index is 2.23. The molecule has 1 fully saturated rings. The number of esters is 1. The molecule has 0 saturated carbocycles. The summed E-state index contributed by atoms with van der Waals surface area (Å²) >= 11 is 0. The van der Waals surface area contributed by atoms with Gasteiger partial charge in [-0.05, 0) is 6.42 Å². The Morgan fingerprint density at radius 1 is 1.47 bits per heavy atom. The number of rotatable bonds is 5. The van der Waals surface area contributed by atoms with Gasteiger partial charge in [-0.3, -0.25) is 19.3 Å². The third kappa shape index (κ3) is 5.30. The van der Waals surface area contributed by atoms with Crippen LogP contribution in [0.1, 0.15) is 13.3 Å². The van der Waals surface area contributed by atoms with Crippen LogP contribution in [0, 0.1) is 0 Å². The molecule has 1 amide bonds. The number of nitrogens with one attached hydrogen (secondary N) is 1. The zero-order valence-corrected chi connectivity index (χ0v) is 9.64. The van der Waals surface area contributed by atoms with Crippen molar-refractivity contribution >= 4 is 17.8 Å². The van der Waals surface area contributed by atoms with Crippen LogP contribution in [0.25, 0.3) is 0 Å². The monoisotopic (exact) mass is 244 g/mol. The van der Waals surface area contributed by atoms with E-state index in [1.165, 1.54) is 6.92 Å². The van der Waals surface area contributed by atoms with Crippen molar-refractivity contribution in [3.8, 4) is 0 Å². The maximum absolute atomic E-state index is 11.3. The van der Waals surface area contributed by atoms with Gasteiger partial charge in [0.25, 0.3) is 5.91 Å². The van der Waals surface area contributed by atoms with Gasteiger partial charge in [0.05, 0.1) is 6.54 Å². The van der Waals surface area contributed by atoms with Gasteiger partial charge in [-0.15, -0.1) is 0 Å². The van der Waals surface area contributed by atoms with Crippen LogP contribution >= 0.6 is 0 Å². The summed E-state index contributed by atoms with van der Waals surface area (Å²) in [5.74, 6) is -1.74. The molecule has 96 valence electrons. The van der Waals surface area contributed by atoms with Gasteiger partial charge in [-0.2, -0.15) is 0 Å². The van der Waals surface area contributed by atoms with Crippen molar-refractivity contribution in [2.45, 2.75) is 19.4 Å². The molecule has 7 heteroatoms. The number of amides is 1. The largest absolute Gasteiger partial charge is 0.480 e. The van der Waals surface area contributed by atoms with E-state index in [1.54, 1.807) is 4.90 Å². The van der Waals surface area contributed by atoms with E-state index in [2.05, 4.69) is 10.1 Å². The van der Waals surface area contributed by atoms with E-state index in [1.807, 2.05) is 0 Å². The molecule has 1 aliphatic rings. The molecule has 1 saturated heterocycles. The van der Waals surface area contributed by atoms with Crippen molar-refractivity contribution in [1.82, 2.24) is 10.2 Å². The third-order valence-electron chi connectivity index (χ3n) is 2.40. The molecule has 1 heterocycles. The van der Waals surface area contributed by atoms with Crippen LogP contribution < -0.4 is 5.32 Å². The molecule has 0 spiro atoms.